The highest BCUT2D eigenvalue weighted by atomic mass is 32.2. The molecule has 0 aromatic heterocycles. The molecule has 0 bridgehead atoms. The van der Waals surface area contributed by atoms with Crippen LogP contribution in [0.2, 0.25) is 0 Å². The second-order valence-corrected chi connectivity index (χ2v) is 7.04. The molecule has 3 heteroatoms. The van der Waals surface area contributed by atoms with Crippen molar-refractivity contribution in [2.45, 2.75) is 68.9 Å². The Morgan fingerprint density at radius 1 is 1.41 bits per heavy atom. The Bertz CT molecular complexity index is 199. The van der Waals surface area contributed by atoms with Gasteiger partial charge in [-0.2, -0.15) is 11.8 Å². The zero-order chi connectivity index (χ0) is 12.7. The van der Waals surface area contributed by atoms with Crippen LogP contribution in [0, 0.1) is 5.92 Å². The molecule has 0 radical (unpaired) electrons. The molecule has 1 aliphatic carbocycles. The molecule has 0 spiro atoms. The topological polar surface area (TPSA) is 32.3 Å². The third-order valence-electron chi connectivity index (χ3n) is 3.91. The van der Waals surface area contributed by atoms with Gasteiger partial charge in [-0.05, 0) is 38.6 Å². The van der Waals surface area contributed by atoms with Crippen LogP contribution in [0.5, 0.6) is 0 Å². The second-order valence-electron chi connectivity index (χ2n) is 5.36. The number of nitrogens with one attached hydrogen (secondary N) is 1. The van der Waals surface area contributed by atoms with Gasteiger partial charge in [-0.1, -0.05) is 26.7 Å². The van der Waals surface area contributed by atoms with E-state index in [4.69, 9.17) is 5.11 Å². The quantitative estimate of drug-likeness (QED) is 0.737. The molecule has 0 aromatic carbocycles. The molecule has 4 atom stereocenters. The van der Waals surface area contributed by atoms with Crippen molar-refractivity contribution in [2.75, 3.05) is 13.7 Å². The molecular formula is C14H29NOS. The van der Waals surface area contributed by atoms with Crippen LogP contribution in [0.15, 0.2) is 0 Å². The first kappa shape index (κ1) is 15.3. The zero-order valence-corrected chi connectivity index (χ0v) is 12.4. The van der Waals surface area contributed by atoms with Crippen LogP contribution < -0.4 is 5.32 Å². The molecule has 1 saturated carbocycles. The lowest BCUT2D eigenvalue weighted by Crippen LogP contribution is -2.41. The number of rotatable bonds is 7. The minimum atomic E-state index is 0.323. The predicted octanol–water partition coefficient (Wildman–Crippen LogP) is 3.05. The SMILES string of the molecule is CCCC1CCC(NC)C(SC(C)CCO)C1. The Hall–Kier alpha value is 0.270. The van der Waals surface area contributed by atoms with Crippen LogP contribution >= 0.6 is 11.8 Å². The van der Waals surface area contributed by atoms with Crippen molar-refractivity contribution in [2.24, 2.45) is 5.92 Å². The summed E-state index contributed by atoms with van der Waals surface area (Å²) in [6.45, 7) is 4.86. The monoisotopic (exact) mass is 259 g/mol. The van der Waals surface area contributed by atoms with Crippen molar-refractivity contribution in [3.63, 3.8) is 0 Å². The highest BCUT2D eigenvalue weighted by molar-refractivity contribution is 8.00. The maximum absolute atomic E-state index is 9.00. The van der Waals surface area contributed by atoms with Crippen molar-refractivity contribution in [1.82, 2.24) is 5.32 Å². The van der Waals surface area contributed by atoms with Gasteiger partial charge in [-0.3, -0.25) is 0 Å². The van der Waals surface area contributed by atoms with Crippen LogP contribution in [-0.2, 0) is 0 Å². The van der Waals surface area contributed by atoms with E-state index in [1.54, 1.807) is 0 Å². The van der Waals surface area contributed by atoms with Gasteiger partial charge < -0.3 is 10.4 Å². The third-order valence-corrected chi connectivity index (χ3v) is 5.48. The Labute approximate surface area is 111 Å². The largest absolute Gasteiger partial charge is 0.396 e. The van der Waals surface area contributed by atoms with Gasteiger partial charge in [0.05, 0.1) is 0 Å². The fourth-order valence-electron chi connectivity index (χ4n) is 2.91. The normalized spacial score (nSPS) is 31.4. The summed E-state index contributed by atoms with van der Waals surface area (Å²) in [7, 11) is 2.09. The van der Waals surface area contributed by atoms with E-state index in [0.29, 0.717) is 17.9 Å². The molecule has 0 saturated heterocycles. The van der Waals surface area contributed by atoms with E-state index in [-0.39, 0.29) is 0 Å². The minimum Gasteiger partial charge on any atom is -0.396 e. The molecule has 0 amide bonds. The average Bonchev–Trinajstić information content (AvgIpc) is 2.30. The summed E-state index contributed by atoms with van der Waals surface area (Å²) in [6, 6.07) is 0.675. The van der Waals surface area contributed by atoms with Crippen molar-refractivity contribution in [1.29, 1.82) is 0 Å². The first-order chi connectivity index (χ1) is 8.21. The van der Waals surface area contributed by atoms with Gasteiger partial charge in [-0.15, -0.1) is 0 Å². The molecular weight excluding hydrogens is 230 g/mol. The molecule has 1 fully saturated rings. The number of aliphatic hydroxyl groups excluding tert-OH is 1. The van der Waals surface area contributed by atoms with Crippen molar-refractivity contribution >= 4 is 11.8 Å². The van der Waals surface area contributed by atoms with Crippen LogP contribution in [0.25, 0.3) is 0 Å². The summed E-state index contributed by atoms with van der Waals surface area (Å²) in [5.41, 5.74) is 0. The lowest BCUT2D eigenvalue weighted by Gasteiger charge is -2.37. The maximum atomic E-state index is 9.00. The smallest absolute Gasteiger partial charge is 0.0441 e. The summed E-state index contributed by atoms with van der Waals surface area (Å²) in [5.74, 6) is 0.934. The summed E-state index contributed by atoms with van der Waals surface area (Å²) in [4.78, 5) is 0. The standard InChI is InChI=1S/C14H29NOS/c1-4-5-12-6-7-13(15-3)14(10-12)17-11(2)8-9-16/h11-16H,4-10H2,1-3H3. The number of hydrogen-bond acceptors (Lipinski definition) is 3. The summed E-state index contributed by atoms with van der Waals surface area (Å²) in [6.07, 6.45) is 7.71. The lowest BCUT2D eigenvalue weighted by atomic mass is 9.83. The Balaban J connectivity index is 2.44. The van der Waals surface area contributed by atoms with Gasteiger partial charge in [0.1, 0.15) is 0 Å². The van der Waals surface area contributed by atoms with Gasteiger partial charge in [0.25, 0.3) is 0 Å². The molecule has 1 aliphatic rings. The lowest BCUT2D eigenvalue weighted by molar-refractivity contribution is 0.285. The predicted molar refractivity (Wildman–Crippen MR) is 77.6 cm³/mol. The summed E-state index contributed by atoms with van der Waals surface area (Å²) >= 11 is 2.08. The molecule has 2 nitrogen and oxygen atoms in total. The van der Waals surface area contributed by atoms with Crippen molar-refractivity contribution < 1.29 is 5.11 Å². The first-order valence-electron chi connectivity index (χ1n) is 7.14. The molecule has 4 unspecified atom stereocenters. The fourth-order valence-corrected chi connectivity index (χ4v) is 4.59. The van der Waals surface area contributed by atoms with Crippen molar-refractivity contribution in [3.05, 3.63) is 0 Å². The van der Waals surface area contributed by atoms with E-state index < -0.39 is 0 Å². The highest BCUT2D eigenvalue weighted by Crippen LogP contribution is 2.36. The maximum Gasteiger partial charge on any atom is 0.0441 e. The molecule has 0 aliphatic heterocycles. The van der Waals surface area contributed by atoms with Crippen LogP contribution in [0.1, 0.15) is 52.4 Å². The van der Waals surface area contributed by atoms with E-state index in [9.17, 15) is 0 Å². The molecule has 0 heterocycles. The molecule has 102 valence electrons. The van der Waals surface area contributed by atoms with Crippen LogP contribution in [0.4, 0.5) is 0 Å². The number of thioether (sulfide) groups is 1. The molecule has 17 heavy (non-hydrogen) atoms. The average molecular weight is 259 g/mol. The van der Waals surface area contributed by atoms with E-state index >= 15 is 0 Å². The van der Waals surface area contributed by atoms with Gasteiger partial charge in [0.2, 0.25) is 0 Å². The van der Waals surface area contributed by atoms with E-state index in [0.717, 1.165) is 17.6 Å². The Morgan fingerprint density at radius 2 is 2.18 bits per heavy atom. The van der Waals surface area contributed by atoms with E-state index in [1.165, 1.54) is 32.1 Å². The molecule has 1 rings (SSSR count). The Morgan fingerprint density at radius 3 is 2.76 bits per heavy atom. The Kier molecular flexibility index (Phi) is 7.56. The molecule has 2 N–H and O–H groups in total. The van der Waals surface area contributed by atoms with Gasteiger partial charge in [-0.25, -0.2) is 0 Å². The first-order valence-corrected chi connectivity index (χ1v) is 8.09. The third kappa shape index (κ3) is 5.19. The van der Waals surface area contributed by atoms with Gasteiger partial charge in [0.15, 0.2) is 0 Å². The summed E-state index contributed by atoms with van der Waals surface area (Å²) in [5, 5.41) is 13.8. The fraction of sp³-hybridized carbons (Fsp3) is 1.00. The molecule has 0 aromatic rings. The van der Waals surface area contributed by atoms with Crippen LogP contribution in [-0.4, -0.2) is 35.3 Å². The highest BCUT2D eigenvalue weighted by Gasteiger charge is 2.30. The number of hydrogen-bond donors (Lipinski definition) is 2. The van der Waals surface area contributed by atoms with E-state index in [1.807, 2.05) is 0 Å². The zero-order valence-electron chi connectivity index (χ0n) is 11.6. The number of aliphatic hydroxyl groups is 1. The van der Waals surface area contributed by atoms with Gasteiger partial charge >= 0.3 is 0 Å². The summed E-state index contributed by atoms with van der Waals surface area (Å²) < 4.78 is 0. The second kappa shape index (κ2) is 8.39. The van der Waals surface area contributed by atoms with Crippen molar-refractivity contribution in [3.8, 4) is 0 Å². The van der Waals surface area contributed by atoms with Gasteiger partial charge in [0, 0.05) is 23.1 Å². The van der Waals surface area contributed by atoms with E-state index in [2.05, 4.69) is 38.0 Å². The minimum absolute atomic E-state index is 0.323. The van der Waals surface area contributed by atoms with Crippen LogP contribution in [0.3, 0.4) is 0 Å².